The zero-order valence-corrected chi connectivity index (χ0v) is 27.9. The fourth-order valence-corrected chi connectivity index (χ4v) is 5.66. The van der Waals surface area contributed by atoms with Crippen LogP contribution in [0.25, 0.3) is 10.8 Å². The van der Waals surface area contributed by atoms with E-state index in [-0.39, 0.29) is 17.9 Å². The molecule has 5 aromatic rings. The Labute approximate surface area is 282 Å². The number of hydrogen-bond donors (Lipinski definition) is 4. The number of pyridine rings is 1. The molecule has 0 spiro atoms. The Morgan fingerprint density at radius 1 is 0.917 bits per heavy atom. The molecule has 2 amide bonds. The number of benzene rings is 3. The van der Waals surface area contributed by atoms with Crippen LogP contribution in [-0.4, -0.2) is 53.0 Å². The second-order valence-electron chi connectivity index (χ2n) is 11.9. The summed E-state index contributed by atoms with van der Waals surface area (Å²) < 4.78 is 5.90. The van der Waals surface area contributed by atoms with Crippen LogP contribution in [0.2, 0.25) is 0 Å². The van der Waals surface area contributed by atoms with Gasteiger partial charge in [0.05, 0.1) is 19.2 Å². The molecule has 0 fully saturated rings. The van der Waals surface area contributed by atoms with Gasteiger partial charge in [0, 0.05) is 44.3 Å². The van der Waals surface area contributed by atoms with Gasteiger partial charge in [-0.15, -0.1) is 0 Å². The van der Waals surface area contributed by atoms with E-state index in [1.807, 2.05) is 67.4 Å². The maximum absolute atomic E-state index is 13.8. The van der Waals surface area contributed by atoms with E-state index in [9.17, 15) is 9.59 Å². The van der Waals surface area contributed by atoms with Crippen LogP contribution in [0.3, 0.4) is 0 Å². The maximum Gasteiger partial charge on any atom is 0.251 e. The fraction of sp³-hybridized carbons (Fsp3) is 0.316. The first-order chi connectivity index (χ1) is 23.4. The third-order valence-electron chi connectivity index (χ3n) is 8.22. The molecular weight excluding hydrogens is 602 g/mol. The number of rotatable bonds is 17. The van der Waals surface area contributed by atoms with Crippen molar-refractivity contribution in [1.82, 2.24) is 30.9 Å². The van der Waals surface area contributed by atoms with Crippen LogP contribution >= 0.6 is 0 Å². The molecule has 10 heteroatoms. The van der Waals surface area contributed by atoms with E-state index in [1.165, 1.54) is 0 Å². The minimum atomic E-state index is -0.738. The molecule has 0 saturated carbocycles. The number of amides is 2. The van der Waals surface area contributed by atoms with E-state index in [1.54, 1.807) is 30.7 Å². The summed E-state index contributed by atoms with van der Waals surface area (Å²) in [7, 11) is 1.96. The normalized spacial score (nSPS) is 12.3. The van der Waals surface area contributed by atoms with Crippen LogP contribution < -0.4 is 25.6 Å². The van der Waals surface area contributed by atoms with Gasteiger partial charge in [0.2, 0.25) is 5.91 Å². The van der Waals surface area contributed by atoms with Crippen LogP contribution in [0.4, 0.5) is 5.82 Å². The monoisotopic (exact) mass is 647 g/mol. The van der Waals surface area contributed by atoms with Crippen molar-refractivity contribution >= 4 is 28.4 Å². The lowest BCUT2D eigenvalue weighted by atomic mass is 9.99. The fourth-order valence-electron chi connectivity index (χ4n) is 5.66. The highest BCUT2D eigenvalue weighted by atomic mass is 16.5. The Balaban J connectivity index is 1.25. The Morgan fingerprint density at radius 3 is 2.52 bits per heavy atom. The minimum absolute atomic E-state index is 0.227. The van der Waals surface area contributed by atoms with E-state index >= 15 is 0 Å². The van der Waals surface area contributed by atoms with Crippen molar-refractivity contribution < 1.29 is 14.3 Å². The van der Waals surface area contributed by atoms with E-state index < -0.39 is 6.04 Å². The number of nitrogens with one attached hydrogen (secondary N) is 4. The number of imidazole rings is 1. The third kappa shape index (κ3) is 9.19. The summed E-state index contributed by atoms with van der Waals surface area (Å²) in [6.45, 7) is 6.52. The molecule has 0 aliphatic heterocycles. The first-order valence-electron chi connectivity index (χ1n) is 16.6. The molecule has 0 saturated heterocycles. The van der Waals surface area contributed by atoms with E-state index in [4.69, 9.17) is 4.74 Å². The maximum atomic E-state index is 13.8. The van der Waals surface area contributed by atoms with Gasteiger partial charge in [0.15, 0.2) is 11.6 Å². The lowest BCUT2D eigenvalue weighted by Crippen LogP contribution is -2.47. The lowest BCUT2D eigenvalue weighted by Gasteiger charge is -2.24. The highest BCUT2D eigenvalue weighted by Gasteiger charge is 2.24. The summed E-state index contributed by atoms with van der Waals surface area (Å²) in [4.78, 5) is 41.2. The first-order valence-corrected chi connectivity index (χ1v) is 16.6. The van der Waals surface area contributed by atoms with Crippen LogP contribution in [0.15, 0.2) is 97.5 Å². The average Bonchev–Trinajstić information content (AvgIpc) is 3.64. The number of hydrogen-bond acceptors (Lipinski definition) is 7. The smallest absolute Gasteiger partial charge is 0.251 e. The lowest BCUT2D eigenvalue weighted by molar-refractivity contribution is -0.123. The first kappa shape index (κ1) is 34.1. The number of fused-ring (bicyclic) bond motifs is 1. The van der Waals surface area contributed by atoms with E-state index in [2.05, 4.69) is 56.0 Å². The van der Waals surface area contributed by atoms with Crippen molar-refractivity contribution in [3.8, 4) is 5.75 Å². The second kappa shape index (κ2) is 17.1. The molecular formula is C38H45N7O3. The van der Waals surface area contributed by atoms with Gasteiger partial charge in [0.25, 0.3) is 5.91 Å². The number of carbonyl (C=O) groups is 2. The molecule has 250 valence electrons. The minimum Gasteiger partial charge on any atom is -0.490 e. The molecule has 2 aromatic heterocycles. The van der Waals surface area contributed by atoms with Gasteiger partial charge in [0.1, 0.15) is 11.9 Å². The van der Waals surface area contributed by atoms with Crippen LogP contribution in [0.1, 0.15) is 66.5 Å². The Hall–Kier alpha value is -5.22. The van der Waals surface area contributed by atoms with Gasteiger partial charge in [-0.3, -0.25) is 9.59 Å². The second-order valence-corrected chi connectivity index (χ2v) is 11.9. The molecule has 1 unspecified atom stereocenters. The highest BCUT2D eigenvalue weighted by Crippen LogP contribution is 2.26. The predicted octanol–water partition coefficient (Wildman–Crippen LogP) is 5.93. The van der Waals surface area contributed by atoms with Gasteiger partial charge in [-0.1, -0.05) is 61.5 Å². The van der Waals surface area contributed by atoms with Gasteiger partial charge in [-0.2, -0.15) is 0 Å². The zero-order chi connectivity index (χ0) is 33.7. The van der Waals surface area contributed by atoms with Crippen molar-refractivity contribution in [3.05, 3.63) is 120 Å². The standard InChI is InChI=1S/C38H45N7O3/c1-4-24-48-34-15-8-20-42-36(34)45(3)23-9-14-33(38(47)43-27(2)31-13-7-11-29-10-5-6-12-32(29)31)44-37(46)30-18-16-28(17-19-30)25-39-26-35-40-21-22-41-35/h5-8,10-13,15-22,27,33,39H,4,9,14,23-26H2,1-3H3,(H,40,41)(H,43,47)(H,44,46)/t27?,33-/m0/s1. The Bertz CT molecular complexity index is 1750. The largest absolute Gasteiger partial charge is 0.490 e. The molecule has 0 aliphatic rings. The zero-order valence-electron chi connectivity index (χ0n) is 27.9. The van der Waals surface area contributed by atoms with Crippen molar-refractivity contribution in [2.45, 2.75) is 58.3 Å². The Morgan fingerprint density at radius 2 is 1.73 bits per heavy atom. The Kier molecular flexibility index (Phi) is 12.1. The predicted molar refractivity (Wildman–Crippen MR) is 190 cm³/mol. The van der Waals surface area contributed by atoms with Gasteiger partial charge in [-0.05, 0) is 72.4 Å². The van der Waals surface area contributed by atoms with Gasteiger partial charge in [-0.25, -0.2) is 9.97 Å². The summed E-state index contributed by atoms with van der Waals surface area (Å²) in [6.07, 6.45) is 7.24. The summed E-state index contributed by atoms with van der Waals surface area (Å²) in [6, 6.07) is 24.4. The molecule has 48 heavy (non-hydrogen) atoms. The average molecular weight is 648 g/mol. The number of aromatic amines is 1. The SMILES string of the molecule is CCCOc1cccnc1N(C)CCC[C@H](NC(=O)c1ccc(CNCc2ncc[nH]2)cc1)C(=O)NC(C)c1cccc2ccccc12. The molecule has 10 nitrogen and oxygen atoms in total. The number of anilines is 1. The molecule has 2 atom stereocenters. The quantitative estimate of drug-likeness (QED) is 0.0987. The molecule has 3 aromatic carbocycles. The number of ether oxygens (including phenoxy) is 1. The summed E-state index contributed by atoms with van der Waals surface area (Å²) in [5, 5.41) is 11.7. The number of H-pyrrole nitrogens is 1. The summed E-state index contributed by atoms with van der Waals surface area (Å²) in [5.41, 5.74) is 2.56. The van der Waals surface area contributed by atoms with Crippen LogP contribution in [0.5, 0.6) is 5.75 Å². The van der Waals surface area contributed by atoms with Gasteiger partial charge < -0.3 is 30.6 Å². The van der Waals surface area contributed by atoms with Crippen molar-refractivity contribution in [1.29, 1.82) is 0 Å². The molecule has 0 aliphatic carbocycles. The molecule has 5 rings (SSSR count). The van der Waals surface area contributed by atoms with Crippen LogP contribution in [-0.2, 0) is 17.9 Å². The summed E-state index contributed by atoms with van der Waals surface area (Å²) in [5.74, 6) is 1.82. The van der Waals surface area contributed by atoms with Crippen molar-refractivity contribution in [2.75, 3.05) is 25.1 Å². The van der Waals surface area contributed by atoms with E-state index in [0.29, 0.717) is 44.6 Å². The summed E-state index contributed by atoms with van der Waals surface area (Å²) >= 11 is 0. The van der Waals surface area contributed by atoms with Crippen molar-refractivity contribution in [2.24, 2.45) is 0 Å². The number of nitrogens with zero attached hydrogens (tertiary/aromatic N) is 3. The molecule has 0 bridgehead atoms. The van der Waals surface area contributed by atoms with Crippen molar-refractivity contribution in [3.63, 3.8) is 0 Å². The third-order valence-corrected chi connectivity index (χ3v) is 8.22. The molecule has 0 radical (unpaired) electrons. The van der Waals surface area contributed by atoms with Crippen LogP contribution in [0, 0.1) is 0 Å². The van der Waals surface area contributed by atoms with Gasteiger partial charge >= 0.3 is 0 Å². The topological polar surface area (TPSA) is 124 Å². The highest BCUT2D eigenvalue weighted by molar-refractivity contribution is 5.97. The number of aromatic nitrogens is 3. The molecule has 2 heterocycles. The molecule has 4 N–H and O–H groups in total. The number of carbonyl (C=O) groups excluding carboxylic acids is 2. The van der Waals surface area contributed by atoms with E-state index in [0.717, 1.165) is 45.7 Å².